The number of methoxy groups -OCH3 is 1. The first-order chi connectivity index (χ1) is 19.4. The molecule has 0 radical (unpaired) electrons. The number of H-pyrrole nitrogens is 1. The number of ether oxygens (including phenoxy) is 1. The van der Waals surface area contributed by atoms with Crippen molar-refractivity contribution in [3.63, 3.8) is 0 Å². The maximum atomic E-state index is 13.4. The third-order valence-electron chi connectivity index (χ3n) is 6.84. The number of aromatic amines is 1. The van der Waals surface area contributed by atoms with Crippen LogP contribution in [0.5, 0.6) is 5.75 Å². The van der Waals surface area contributed by atoms with Crippen LogP contribution in [0.4, 0.5) is 0 Å². The van der Waals surface area contributed by atoms with Gasteiger partial charge in [0.1, 0.15) is 11.6 Å². The maximum absolute atomic E-state index is 13.4. The predicted molar refractivity (Wildman–Crippen MR) is 157 cm³/mol. The van der Waals surface area contributed by atoms with Crippen LogP contribution in [-0.2, 0) is 0 Å². The Balaban J connectivity index is 1.54. The van der Waals surface area contributed by atoms with E-state index < -0.39 is 5.97 Å². The van der Waals surface area contributed by atoms with Crippen LogP contribution >= 0.6 is 11.6 Å². The van der Waals surface area contributed by atoms with Crippen LogP contribution in [0.2, 0.25) is 5.02 Å². The molecule has 1 heterocycles. The zero-order chi connectivity index (χ0) is 28.2. The minimum Gasteiger partial charge on any atom is -0.496 e. The smallest absolute Gasteiger partial charge is 0.336 e. The molecule has 0 bridgehead atoms. The van der Waals surface area contributed by atoms with Crippen LogP contribution in [0.15, 0.2) is 84.9 Å². The number of amides is 1. The second-order valence-electron chi connectivity index (χ2n) is 9.39. The summed E-state index contributed by atoms with van der Waals surface area (Å²) in [5.74, 6) is -0.305. The minimum absolute atomic E-state index is 0.0394. The van der Waals surface area contributed by atoms with Crippen LogP contribution in [0, 0.1) is 0 Å². The highest BCUT2D eigenvalue weighted by molar-refractivity contribution is 6.34. The number of benzene rings is 4. The van der Waals surface area contributed by atoms with Crippen molar-refractivity contribution in [2.24, 2.45) is 0 Å². The monoisotopic (exact) mass is 553 g/mol. The van der Waals surface area contributed by atoms with Gasteiger partial charge in [-0.25, -0.2) is 9.78 Å². The SMILES string of the molecule is CCCC(NC(=O)c1ccc(-c2c(Cl)cccc2-c2nc3ccccc3[nH]2)c(C(=O)O)c1)c1ccccc1OC. The molecular weight excluding hydrogens is 526 g/mol. The van der Waals surface area contributed by atoms with Crippen LogP contribution in [0.25, 0.3) is 33.5 Å². The van der Waals surface area contributed by atoms with E-state index in [-0.39, 0.29) is 23.1 Å². The number of carboxylic acids is 1. The van der Waals surface area contributed by atoms with Crippen molar-refractivity contribution in [2.45, 2.75) is 25.8 Å². The number of rotatable bonds is 9. The Morgan fingerprint density at radius 3 is 2.52 bits per heavy atom. The summed E-state index contributed by atoms with van der Waals surface area (Å²) >= 11 is 6.67. The molecule has 8 heteroatoms. The van der Waals surface area contributed by atoms with Crippen LogP contribution in [0.1, 0.15) is 52.1 Å². The molecule has 40 heavy (non-hydrogen) atoms. The largest absolute Gasteiger partial charge is 0.496 e. The molecule has 0 aliphatic rings. The molecule has 1 unspecified atom stereocenters. The normalized spacial score (nSPS) is 11.8. The maximum Gasteiger partial charge on any atom is 0.336 e. The van der Waals surface area contributed by atoms with Crippen molar-refractivity contribution < 1.29 is 19.4 Å². The fourth-order valence-corrected chi connectivity index (χ4v) is 5.22. The molecule has 5 rings (SSSR count). The Kier molecular flexibility index (Phi) is 7.84. The van der Waals surface area contributed by atoms with Gasteiger partial charge in [-0.3, -0.25) is 4.79 Å². The molecule has 0 saturated carbocycles. The van der Waals surface area contributed by atoms with E-state index in [1.165, 1.54) is 6.07 Å². The number of aromatic carboxylic acids is 1. The second-order valence-corrected chi connectivity index (χ2v) is 9.79. The molecule has 5 aromatic rings. The standard InChI is InChI=1S/C32H28ClN3O4/c1-3-9-25(21-10-4-7-15-28(21)40-2)36-31(37)19-16-17-20(23(18-19)32(38)39)29-22(11-8-12-24(29)33)30-34-26-13-5-6-14-27(26)35-30/h4-8,10-18,25H,3,9H2,1-2H3,(H,34,35)(H,36,37)(H,38,39). The number of imidazole rings is 1. The fraction of sp³-hybridized carbons (Fsp3) is 0.156. The predicted octanol–water partition coefficient (Wildman–Crippen LogP) is 7.53. The molecule has 1 aromatic heterocycles. The molecule has 3 N–H and O–H groups in total. The zero-order valence-electron chi connectivity index (χ0n) is 22.1. The lowest BCUT2D eigenvalue weighted by atomic mass is 9.93. The van der Waals surface area contributed by atoms with Gasteiger partial charge in [0.15, 0.2) is 0 Å². The molecule has 0 aliphatic carbocycles. The number of nitrogens with one attached hydrogen (secondary N) is 2. The Morgan fingerprint density at radius 2 is 1.77 bits per heavy atom. The van der Waals surface area contributed by atoms with Gasteiger partial charge in [0.25, 0.3) is 5.91 Å². The Labute approximate surface area is 236 Å². The van der Waals surface area contributed by atoms with Gasteiger partial charge < -0.3 is 20.1 Å². The average Bonchev–Trinajstić information content (AvgIpc) is 3.41. The molecule has 0 saturated heterocycles. The quantitative estimate of drug-likeness (QED) is 0.175. The summed E-state index contributed by atoms with van der Waals surface area (Å²) in [7, 11) is 1.59. The molecule has 4 aromatic carbocycles. The average molecular weight is 554 g/mol. The first-order valence-electron chi connectivity index (χ1n) is 13.0. The third-order valence-corrected chi connectivity index (χ3v) is 7.15. The van der Waals surface area contributed by atoms with Gasteiger partial charge in [0.2, 0.25) is 0 Å². The van der Waals surface area contributed by atoms with Gasteiger partial charge in [0, 0.05) is 27.3 Å². The molecule has 1 atom stereocenters. The number of para-hydroxylation sites is 3. The van der Waals surface area contributed by atoms with Crippen molar-refractivity contribution in [2.75, 3.05) is 7.11 Å². The first-order valence-corrected chi connectivity index (χ1v) is 13.3. The molecule has 0 aliphatic heterocycles. The number of fused-ring (bicyclic) bond motifs is 1. The fourth-order valence-electron chi connectivity index (χ4n) is 4.95. The lowest BCUT2D eigenvalue weighted by molar-refractivity contribution is 0.0697. The van der Waals surface area contributed by atoms with Gasteiger partial charge in [-0.2, -0.15) is 0 Å². The third kappa shape index (κ3) is 5.28. The second kappa shape index (κ2) is 11.6. The van der Waals surface area contributed by atoms with Gasteiger partial charge in [-0.15, -0.1) is 0 Å². The van der Waals surface area contributed by atoms with Crippen molar-refractivity contribution in [1.29, 1.82) is 0 Å². The minimum atomic E-state index is -1.17. The van der Waals surface area contributed by atoms with Gasteiger partial charge in [-0.1, -0.05) is 73.5 Å². The number of carbonyl (C=O) groups is 2. The summed E-state index contributed by atoms with van der Waals surface area (Å²) in [6.45, 7) is 2.04. The van der Waals surface area contributed by atoms with E-state index in [9.17, 15) is 14.7 Å². The highest BCUT2D eigenvalue weighted by atomic mass is 35.5. The van der Waals surface area contributed by atoms with Crippen molar-refractivity contribution in [3.8, 4) is 28.3 Å². The van der Waals surface area contributed by atoms with Gasteiger partial charge in [0.05, 0.1) is 29.7 Å². The summed E-state index contributed by atoms with van der Waals surface area (Å²) < 4.78 is 5.50. The number of hydrogen-bond acceptors (Lipinski definition) is 4. The summed E-state index contributed by atoms with van der Waals surface area (Å²) in [6.07, 6.45) is 1.52. The number of aromatic nitrogens is 2. The van der Waals surface area contributed by atoms with Gasteiger partial charge in [-0.05, 0) is 48.4 Å². The number of carboxylic acid groups (broad SMARTS) is 1. The molecular formula is C32H28ClN3O4. The Morgan fingerprint density at radius 1 is 1.00 bits per heavy atom. The number of nitrogens with zero attached hydrogens (tertiary/aromatic N) is 1. The van der Waals surface area contributed by atoms with Gasteiger partial charge >= 0.3 is 5.97 Å². The summed E-state index contributed by atoms with van der Waals surface area (Å²) in [5, 5.41) is 13.6. The van der Waals surface area contributed by atoms with E-state index in [0.717, 1.165) is 23.0 Å². The first kappa shape index (κ1) is 27.0. The number of hydrogen-bond donors (Lipinski definition) is 3. The van der Waals surface area contributed by atoms with E-state index in [2.05, 4.69) is 15.3 Å². The molecule has 0 fully saturated rings. The number of carbonyl (C=O) groups excluding carboxylic acids is 1. The summed E-state index contributed by atoms with van der Waals surface area (Å²) in [5.41, 5.74) is 4.25. The van der Waals surface area contributed by atoms with Crippen LogP contribution < -0.4 is 10.1 Å². The Bertz CT molecular complexity index is 1680. The zero-order valence-corrected chi connectivity index (χ0v) is 22.8. The molecule has 202 valence electrons. The van der Waals surface area contributed by atoms with E-state index in [1.807, 2.05) is 61.5 Å². The molecule has 7 nitrogen and oxygen atoms in total. The van der Waals surface area contributed by atoms with Crippen LogP contribution in [-0.4, -0.2) is 34.1 Å². The highest BCUT2D eigenvalue weighted by Crippen LogP contribution is 2.39. The topological polar surface area (TPSA) is 104 Å². The lowest BCUT2D eigenvalue weighted by Gasteiger charge is -2.21. The van der Waals surface area contributed by atoms with Crippen molar-refractivity contribution >= 4 is 34.5 Å². The van der Waals surface area contributed by atoms with E-state index >= 15 is 0 Å². The van der Waals surface area contributed by atoms with E-state index in [0.29, 0.717) is 39.7 Å². The molecule has 1 amide bonds. The molecule has 0 spiro atoms. The van der Waals surface area contributed by atoms with Crippen molar-refractivity contribution in [1.82, 2.24) is 15.3 Å². The number of halogens is 1. The van der Waals surface area contributed by atoms with E-state index in [4.69, 9.17) is 16.3 Å². The summed E-state index contributed by atoms with van der Waals surface area (Å²) in [6, 6.07) is 24.8. The lowest BCUT2D eigenvalue weighted by Crippen LogP contribution is -2.29. The summed E-state index contributed by atoms with van der Waals surface area (Å²) in [4.78, 5) is 33.9. The van der Waals surface area contributed by atoms with Crippen molar-refractivity contribution in [3.05, 3.63) is 107 Å². The van der Waals surface area contributed by atoms with E-state index in [1.54, 1.807) is 31.4 Å². The Hall–Kier alpha value is -4.62. The highest BCUT2D eigenvalue weighted by Gasteiger charge is 2.23. The van der Waals surface area contributed by atoms with Crippen LogP contribution in [0.3, 0.4) is 0 Å².